The van der Waals surface area contributed by atoms with Gasteiger partial charge in [0.15, 0.2) is 0 Å². The quantitative estimate of drug-likeness (QED) is 0.561. The van der Waals surface area contributed by atoms with Crippen LogP contribution in [-0.4, -0.2) is 19.8 Å². The fraction of sp³-hybridized carbons (Fsp3) is 1.00. The normalized spacial score (nSPS) is 12.5. The van der Waals surface area contributed by atoms with Gasteiger partial charge in [-0.15, -0.1) is 0 Å². The molecule has 0 atom stereocenters. The molecule has 0 amide bonds. The minimum Gasteiger partial charge on any atom is -0.249 e. The molecule has 0 aliphatic rings. The number of thiol groups is 1. The van der Waals surface area contributed by atoms with Crippen molar-refractivity contribution in [3.05, 3.63) is 0 Å². The lowest BCUT2D eigenvalue weighted by atomic mass is 10.2. The molecule has 0 spiro atoms. The van der Waals surface area contributed by atoms with Gasteiger partial charge in [0.05, 0.1) is 4.75 Å². The van der Waals surface area contributed by atoms with Crippen molar-refractivity contribution >= 4 is 10.7 Å². The van der Waals surface area contributed by atoms with Crippen LogP contribution >= 0.6 is 0 Å². The second-order valence-electron chi connectivity index (χ2n) is 2.20. The summed E-state index contributed by atoms with van der Waals surface area (Å²) in [5.41, 5.74) is 0. The molecular formula is C4H9FO2S. The van der Waals surface area contributed by atoms with E-state index in [2.05, 4.69) is 0 Å². The molecule has 0 aromatic rings. The van der Waals surface area contributed by atoms with E-state index >= 15 is 0 Å². The molecule has 0 N–H and O–H groups in total. The molecule has 2 nitrogen and oxygen atoms in total. The van der Waals surface area contributed by atoms with Crippen LogP contribution < -0.4 is 0 Å². The van der Waals surface area contributed by atoms with Gasteiger partial charge in [0.25, 0.3) is 0 Å². The van der Waals surface area contributed by atoms with Crippen LogP contribution in [0.25, 0.3) is 0 Å². The topological polar surface area (TPSA) is 34.1 Å². The van der Waals surface area contributed by atoms with Crippen LogP contribution in [0.5, 0.6) is 0 Å². The Morgan fingerprint density at radius 3 is 1.88 bits per heavy atom. The lowest BCUT2D eigenvalue weighted by Crippen LogP contribution is -2.23. The Morgan fingerprint density at radius 2 is 1.88 bits per heavy atom. The Balaban J connectivity index is 4.13. The summed E-state index contributed by atoms with van der Waals surface area (Å²) in [6.07, 6.45) is 0. The summed E-state index contributed by atoms with van der Waals surface area (Å²) in [5.74, 6) is 0. The minimum atomic E-state index is -2.62. The third-order valence-electron chi connectivity index (χ3n) is 0.821. The Kier molecular flexibility index (Phi) is 2.40. The van der Waals surface area contributed by atoms with Gasteiger partial charge in [-0.2, -0.15) is 0 Å². The van der Waals surface area contributed by atoms with Crippen LogP contribution in [0.1, 0.15) is 13.8 Å². The molecule has 0 radical (unpaired) electrons. The van der Waals surface area contributed by atoms with Gasteiger partial charge in [0.2, 0.25) is 0 Å². The van der Waals surface area contributed by atoms with E-state index in [4.69, 9.17) is 0 Å². The van der Waals surface area contributed by atoms with E-state index < -0.39 is 22.1 Å². The van der Waals surface area contributed by atoms with Crippen molar-refractivity contribution in [2.75, 3.05) is 6.67 Å². The molecule has 50 valence electrons. The van der Waals surface area contributed by atoms with E-state index in [1.165, 1.54) is 13.8 Å². The summed E-state index contributed by atoms with van der Waals surface area (Å²) < 4.78 is 30.6. The van der Waals surface area contributed by atoms with Crippen molar-refractivity contribution < 1.29 is 12.8 Å². The van der Waals surface area contributed by atoms with E-state index in [1.807, 2.05) is 0 Å². The molecule has 0 aromatic heterocycles. The predicted molar refractivity (Wildman–Crippen MR) is 30.4 cm³/mol. The van der Waals surface area contributed by atoms with Crippen LogP contribution in [0, 0.1) is 0 Å². The van der Waals surface area contributed by atoms with Gasteiger partial charge in [0.1, 0.15) is 17.4 Å². The molecule has 0 aliphatic carbocycles. The number of hydrogen-bond donors (Lipinski definition) is 1. The summed E-state index contributed by atoms with van der Waals surface area (Å²) in [5, 5.41) is 0. The monoisotopic (exact) mass is 140 g/mol. The van der Waals surface area contributed by atoms with Crippen LogP contribution in [0.4, 0.5) is 4.39 Å². The average Bonchev–Trinajstić information content (AvgIpc) is 1.67. The first-order valence-corrected chi connectivity index (χ1v) is 3.39. The van der Waals surface area contributed by atoms with Crippen LogP contribution in [0.3, 0.4) is 0 Å². The number of halogens is 1. The highest BCUT2D eigenvalue weighted by molar-refractivity contribution is 7.74. The molecule has 0 fully saturated rings. The molecule has 0 saturated carbocycles. The SMILES string of the molecule is CC(C)(CF)[SH](=O)=O. The fourth-order valence-corrected chi connectivity index (χ4v) is 0.146. The maximum Gasteiger partial charge on any atom is 0.147 e. The summed E-state index contributed by atoms with van der Waals surface area (Å²) in [4.78, 5) is 0. The first kappa shape index (κ1) is 7.88. The van der Waals surface area contributed by atoms with Crippen molar-refractivity contribution in [3.63, 3.8) is 0 Å². The minimum absolute atomic E-state index is 0.814. The molecule has 4 heteroatoms. The zero-order valence-electron chi connectivity index (χ0n) is 4.85. The van der Waals surface area contributed by atoms with Gasteiger partial charge in [0, 0.05) is 0 Å². The highest BCUT2D eigenvalue weighted by atomic mass is 32.2. The third-order valence-corrected chi connectivity index (χ3v) is 1.93. The van der Waals surface area contributed by atoms with E-state index in [-0.39, 0.29) is 0 Å². The highest BCUT2D eigenvalue weighted by Crippen LogP contribution is 2.06. The zero-order chi connectivity index (χ0) is 6.78. The number of hydrogen-bond acceptors (Lipinski definition) is 2. The molecule has 0 aromatic carbocycles. The zero-order valence-corrected chi connectivity index (χ0v) is 5.74. The first-order chi connectivity index (χ1) is 3.50. The van der Waals surface area contributed by atoms with Gasteiger partial charge in [-0.25, -0.2) is 12.8 Å². The Bertz CT molecular complexity index is 131. The van der Waals surface area contributed by atoms with E-state index in [0.717, 1.165) is 0 Å². The smallest absolute Gasteiger partial charge is 0.147 e. The summed E-state index contributed by atoms with van der Waals surface area (Å²) in [7, 11) is -2.62. The number of alkyl halides is 1. The molecule has 0 rings (SSSR count). The number of rotatable bonds is 2. The second kappa shape index (κ2) is 2.44. The molecule has 0 saturated heterocycles. The first-order valence-electron chi connectivity index (χ1n) is 2.21. The third kappa shape index (κ3) is 1.78. The molecular weight excluding hydrogens is 131 g/mol. The lowest BCUT2D eigenvalue weighted by Gasteiger charge is -2.08. The standard InChI is InChI=1S/C4H9FO2S/c1-4(2,3-5)8(6)7/h8H,3H2,1-2H3. The maximum atomic E-state index is 11.6. The van der Waals surface area contributed by atoms with Crippen LogP contribution in [0.15, 0.2) is 0 Å². The van der Waals surface area contributed by atoms with Crippen molar-refractivity contribution in [2.24, 2.45) is 0 Å². The Hall–Kier alpha value is -0.120. The van der Waals surface area contributed by atoms with Crippen molar-refractivity contribution in [2.45, 2.75) is 18.6 Å². The largest absolute Gasteiger partial charge is 0.249 e. The summed E-state index contributed by atoms with van der Waals surface area (Å²) in [6, 6.07) is 0. The molecule has 0 aliphatic heterocycles. The Morgan fingerprint density at radius 1 is 1.50 bits per heavy atom. The van der Waals surface area contributed by atoms with Crippen LogP contribution in [-0.2, 0) is 10.7 Å². The lowest BCUT2D eigenvalue weighted by molar-refractivity contribution is 0.416. The second-order valence-corrected chi connectivity index (χ2v) is 3.93. The van der Waals surface area contributed by atoms with Crippen LogP contribution in [0.2, 0.25) is 0 Å². The van der Waals surface area contributed by atoms with Gasteiger partial charge >= 0.3 is 0 Å². The van der Waals surface area contributed by atoms with E-state index in [0.29, 0.717) is 0 Å². The van der Waals surface area contributed by atoms with E-state index in [9.17, 15) is 12.8 Å². The maximum absolute atomic E-state index is 11.6. The predicted octanol–water partition coefficient (Wildman–Crippen LogP) is 0.346. The van der Waals surface area contributed by atoms with Gasteiger partial charge in [-0.05, 0) is 13.8 Å². The fourth-order valence-electron chi connectivity index (χ4n) is 0.0488. The molecule has 0 bridgehead atoms. The molecule has 0 unspecified atom stereocenters. The van der Waals surface area contributed by atoms with Gasteiger partial charge in [-0.1, -0.05) is 0 Å². The van der Waals surface area contributed by atoms with Crippen molar-refractivity contribution in [1.29, 1.82) is 0 Å². The van der Waals surface area contributed by atoms with E-state index in [1.54, 1.807) is 0 Å². The van der Waals surface area contributed by atoms with Crippen molar-refractivity contribution in [1.82, 2.24) is 0 Å². The Labute approximate surface area is 49.7 Å². The molecule has 0 heterocycles. The highest BCUT2D eigenvalue weighted by Gasteiger charge is 2.20. The van der Waals surface area contributed by atoms with Gasteiger partial charge < -0.3 is 0 Å². The molecule has 8 heavy (non-hydrogen) atoms. The van der Waals surface area contributed by atoms with Crippen molar-refractivity contribution in [3.8, 4) is 0 Å². The summed E-state index contributed by atoms with van der Waals surface area (Å²) >= 11 is 0. The average molecular weight is 140 g/mol. The van der Waals surface area contributed by atoms with Gasteiger partial charge in [-0.3, -0.25) is 0 Å². The summed E-state index contributed by atoms with van der Waals surface area (Å²) in [6.45, 7) is 1.88.